The number of aromatic nitrogens is 2. The van der Waals surface area contributed by atoms with Gasteiger partial charge in [-0.2, -0.15) is 0 Å². The fourth-order valence-electron chi connectivity index (χ4n) is 1.81. The zero-order valence-corrected chi connectivity index (χ0v) is 12.6. The Bertz CT molecular complexity index is 470. The van der Waals surface area contributed by atoms with Crippen molar-refractivity contribution in [1.82, 2.24) is 20.2 Å². The molecule has 0 spiro atoms. The van der Waals surface area contributed by atoms with E-state index in [-0.39, 0.29) is 11.8 Å². The highest BCUT2D eigenvalue weighted by atomic mass is 16.2. The van der Waals surface area contributed by atoms with Crippen LogP contribution in [0.4, 0.5) is 0 Å². The van der Waals surface area contributed by atoms with Gasteiger partial charge in [-0.25, -0.2) is 9.97 Å². The second-order valence-electron chi connectivity index (χ2n) is 4.43. The van der Waals surface area contributed by atoms with Crippen molar-refractivity contribution in [2.45, 2.75) is 26.7 Å². The Hall–Kier alpha value is -2.24. The SMILES string of the molecule is CCN(CC)C(=O)CCCNC(=O)/C=C/c1ccncn1. The minimum absolute atomic E-state index is 0.130. The van der Waals surface area contributed by atoms with Gasteiger partial charge >= 0.3 is 0 Å². The predicted molar refractivity (Wildman–Crippen MR) is 81.2 cm³/mol. The van der Waals surface area contributed by atoms with Gasteiger partial charge in [-0.05, 0) is 32.4 Å². The first-order chi connectivity index (χ1) is 10.2. The molecule has 6 heteroatoms. The third-order valence-corrected chi connectivity index (χ3v) is 2.99. The zero-order chi connectivity index (χ0) is 15.5. The quantitative estimate of drug-likeness (QED) is 0.577. The molecule has 1 aromatic heterocycles. The van der Waals surface area contributed by atoms with E-state index in [1.54, 1.807) is 23.2 Å². The van der Waals surface area contributed by atoms with Crippen molar-refractivity contribution < 1.29 is 9.59 Å². The smallest absolute Gasteiger partial charge is 0.244 e. The standard InChI is InChI=1S/C15H22N4O2/c1-3-19(4-2)15(21)6-5-10-17-14(20)8-7-13-9-11-16-12-18-13/h7-9,11-12H,3-6,10H2,1-2H3,(H,17,20)/b8-7+. The van der Waals surface area contributed by atoms with E-state index in [1.807, 2.05) is 13.8 Å². The number of nitrogens with zero attached hydrogens (tertiary/aromatic N) is 3. The molecule has 1 aromatic rings. The monoisotopic (exact) mass is 290 g/mol. The first kappa shape index (κ1) is 16.8. The maximum atomic E-state index is 11.7. The summed E-state index contributed by atoms with van der Waals surface area (Å²) >= 11 is 0. The molecule has 21 heavy (non-hydrogen) atoms. The van der Waals surface area contributed by atoms with Crippen LogP contribution in [0.5, 0.6) is 0 Å². The number of nitrogens with one attached hydrogen (secondary N) is 1. The van der Waals surface area contributed by atoms with Gasteiger partial charge < -0.3 is 10.2 Å². The minimum atomic E-state index is -0.191. The van der Waals surface area contributed by atoms with Crippen LogP contribution in [0.1, 0.15) is 32.4 Å². The number of hydrogen-bond acceptors (Lipinski definition) is 4. The van der Waals surface area contributed by atoms with Crippen molar-refractivity contribution in [3.8, 4) is 0 Å². The summed E-state index contributed by atoms with van der Waals surface area (Å²) < 4.78 is 0. The molecule has 0 aliphatic rings. The summed E-state index contributed by atoms with van der Waals surface area (Å²) in [6.45, 7) is 5.86. The Kier molecular flexibility index (Phi) is 7.71. The molecule has 0 fully saturated rings. The van der Waals surface area contributed by atoms with Crippen LogP contribution < -0.4 is 5.32 Å². The number of carbonyl (C=O) groups is 2. The maximum absolute atomic E-state index is 11.7. The van der Waals surface area contributed by atoms with Gasteiger partial charge in [0.2, 0.25) is 11.8 Å². The molecule has 0 saturated heterocycles. The minimum Gasteiger partial charge on any atom is -0.353 e. The molecule has 114 valence electrons. The molecular formula is C15H22N4O2. The van der Waals surface area contributed by atoms with Crippen LogP contribution >= 0.6 is 0 Å². The van der Waals surface area contributed by atoms with Gasteiger partial charge in [-0.3, -0.25) is 9.59 Å². The average molecular weight is 290 g/mol. The van der Waals surface area contributed by atoms with Gasteiger partial charge in [0.1, 0.15) is 6.33 Å². The molecule has 0 radical (unpaired) electrons. The van der Waals surface area contributed by atoms with Crippen molar-refractivity contribution in [2.75, 3.05) is 19.6 Å². The highest BCUT2D eigenvalue weighted by molar-refractivity contribution is 5.91. The lowest BCUT2D eigenvalue weighted by Crippen LogP contribution is -2.31. The van der Waals surface area contributed by atoms with Crippen molar-refractivity contribution in [3.63, 3.8) is 0 Å². The highest BCUT2D eigenvalue weighted by Gasteiger charge is 2.08. The van der Waals surface area contributed by atoms with Crippen molar-refractivity contribution in [1.29, 1.82) is 0 Å². The third-order valence-electron chi connectivity index (χ3n) is 2.99. The molecule has 0 aromatic carbocycles. The summed E-state index contributed by atoms with van der Waals surface area (Å²) in [7, 11) is 0. The molecular weight excluding hydrogens is 268 g/mol. The average Bonchev–Trinajstić information content (AvgIpc) is 2.52. The van der Waals surface area contributed by atoms with Crippen LogP contribution in [0.2, 0.25) is 0 Å². The van der Waals surface area contributed by atoms with Gasteiger partial charge in [0.25, 0.3) is 0 Å². The van der Waals surface area contributed by atoms with Crippen LogP contribution in [-0.2, 0) is 9.59 Å². The van der Waals surface area contributed by atoms with E-state index in [0.29, 0.717) is 25.1 Å². The number of hydrogen-bond donors (Lipinski definition) is 1. The lowest BCUT2D eigenvalue weighted by molar-refractivity contribution is -0.131. The Labute approximate surface area is 125 Å². The van der Waals surface area contributed by atoms with Crippen molar-refractivity contribution >= 4 is 17.9 Å². The maximum Gasteiger partial charge on any atom is 0.244 e. The van der Waals surface area contributed by atoms with E-state index in [1.165, 1.54) is 12.4 Å². The van der Waals surface area contributed by atoms with Crippen LogP contribution in [0, 0.1) is 0 Å². The lowest BCUT2D eigenvalue weighted by atomic mass is 10.2. The molecule has 0 unspecified atom stereocenters. The van der Waals surface area contributed by atoms with E-state index in [0.717, 1.165) is 13.1 Å². The molecule has 0 saturated carbocycles. The van der Waals surface area contributed by atoms with E-state index in [9.17, 15) is 9.59 Å². The number of amides is 2. The predicted octanol–water partition coefficient (Wildman–Crippen LogP) is 1.25. The molecule has 0 aliphatic carbocycles. The fourth-order valence-corrected chi connectivity index (χ4v) is 1.81. The van der Waals surface area contributed by atoms with Crippen LogP contribution in [0.25, 0.3) is 6.08 Å². The summed E-state index contributed by atoms with van der Waals surface area (Å²) in [4.78, 5) is 32.9. The van der Waals surface area contributed by atoms with E-state index < -0.39 is 0 Å². The third kappa shape index (κ3) is 6.65. The molecule has 2 amide bonds. The van der Waals surface area contributed by atoms with Crippen molar-refractivity contribution in [3.05, 3.63) is 30.4 Å². The highest BCUT2D eigenvalue weighted by Crippen LogP contribution is 1.97. The topological polar surface area (TPSA) is 75.2 Å². The molecule has 6 nitrogen and oxygen atoms in total. The van der Waals surface area contributed by atoms with Gasteiger partial charge in [0, 0.05) is 38.3 Å². The number of rotatable bonds is 8. The summed E-state index contributed by atoms with van der Waals surface area (Å²) in [5.41, 5.74) is 0.678. The van der Waals surface area contributed by atoms with Crippen molar-refractivity contribution in [2.24, 2.45) is 0 Å². The largest absolute Gasteiger partial charge is 0.353 e. The van der Waals surface area contributed by atoms with E-state index in [4.69, 9.17) is 0 Å². The molecule has 0 aliphatic heterocycles. The summed E-state index contributed by atoms with van der Waals surface area (Å²) in [6, 6.07) is 1.71. The van der Waals surface area contributed by atoms with E-state index in [2.05, 4.69) is 15.3 Å². The Morgan fingerprint density at radius 2 is 2.10 bits per heavy atom. The summed E-state index contributed by atoms with van der Waals surface area (Å²) in [5, 5.41) is 2.74. The second-order valence-corrected chi connectivity index (χ2v) is 4.43. The first-order valence-electron chi connectivity index (χ1n) is 7.17. The molecule has 1 rings (SSSR count). The summed E-state index contributed by atoms with van der Waals surface area (Å²) in [5.74, 6) is -0.0605. The summed E-state index contributed by atoms with van der Waals surface area (Å²) in [6.07, 6.45) is 7.19. The molecule has 0 bridgehead atoms. The first-order valence-corrected chi connectivity index (χ1v) is 7.17. The second kappa shape index (κ2) is 9.63. The van der Waals surface area contributed by atoms with Crippen LogP contribution in [-0.4, -0.2) is 46.3 Å². The van der Waals surface area contributed by atoms with E-state index >= 15 is 0 Å². The molecule has 0 atom stereocenters. The number of carbonyl (C=O) groups excluding carboxylic acids is 2. The molecule has 1 N–H and O–H groups in total. The lowest BCUT2D eigenvalue weighted by Gasteiger charge is -2.18. The molecule has 1 heterocycles. The Morgan fingerprint density at radius 3 is 2.71 bits per heavy atom. The van der Waals surface area contributed by atoms with Gasteiger partial charge in [0.15, 0.2) is 0 Å². The van der Waals surface area contributed by atoms with Gasteiger partial charge in [0.05, 0.1) is 5.69 Å². The Balaban J connectivity index is 2.22. The normalized spacial score (nSPS) is 10.6. The Morgan fingerprint density at radius 1 is 1.33 bits per heavy atom. The van der Waals surface area contributed by atoms with Crippen LogP contribution in [0.15, 0.2) is 24.7 Å². The zero-order valence-electron chi connectivity index (χ0n) is 12.6. The van der Waals surface area contributed by atoms with Crippen LogP contribution in [0.3, 0.4) is 0 Å². The fraction of sp³-hybridized carbons (Fsp3) is 0.467. The van der Waals surface area contributed by atoms with Gasteiger partial charge in [-0.15, -0.1) is 0 Å². The van der Waals surface area contributed by atoms with Gasteiger partial charge in [-0.1, -0.05) is 0 Å².